The molecule has 0 bridgehead atoms. The maximum Gasteiger partial charge on any atom is 0.234 e. The molecule has 1 aromatic rings. The summed E-state index contributed by atoms with van der Waals surface area (Å²) in [5.41, 5.74) is 1.01. The van der Waals surface area contributed by atoms with E-state index in [2.05, 4.69) is 10.6 Å². The fourth-order valence-electron chi connectivity index (χ4n) is 1.92. The Morgan fingerprint density at radius 1 is 1.39 bits per heavy atom. The van der Waals surface area contributed by atoms with Crippen LogP contribution in [0.4, 0.5) is 4.39 Å². The minimum atomic E-state index is -0.236. The van der Waals surface area contributed by atoms with Crippen molar-refractivity contribution in [3.05, 3.63) is 35.6 Å². The summed E-state index contributed by atoms with van der Waals surface area (Å²) in [6, 6.07) is 6.90. The van der Waals surface area contributed by atoms with Crippen LogP contribution in [0, 0.1) is 5.82 Å². The lowest BCUT2D eigenvalue weighted by Gasteiger charge is -2.17. The molecular weight excluding hydrogens is 231 g/mol. The van der Waals surface area contributed by atoms with Crippen molar-refractivity contribution in [1.82, 2.24) is 10.6 Å². The highest BCUT2D eigenvalue weighted by atomic mass is 19.1. The van der Waals surface area contributed by atoms with Gasteiger partial charge in [0, 0.05) is 12.1 Å². The minimum Gasteiger partial charge on any atom is -0.352 e. The molecule has 1 amide bonds. The highest BCUT2D eigenvalue weighted by Gasteiger charge is 2.23. The molecule has 1 fully saturated rings. The number of hydrogen-bond donors (Lipinski definition) is 2. The first-order valence-corrected chi connectivity index (χ1v) is 6.47. The molecule has 0 aliphatic heterocycles. The molecule has 0 spiro atoms. The zero-order chi connectivity index (χ0) is 13.0. The predicted octanol–water partition coefficient (Wildman–Crippen LogP) is 2.14. The van der Waals surface area contributed by atoms with Gasteiger partial charge >= 0.3 is 0 Å². The minimum absolute atomic E-state index is 0.0399. The van der Waals surface area contributed by atoms with Gasteiger partial charge in [-0.05, 0) is 37.0 Å². The van der Waals surface area contributed by atoms with Gasteiger partial charge in [0.25, 0.3) is 0 Å². The van der Waals surface area contributed by atoms with Gasteiger partial charge in [-0.25, -0.2) is 4.39 Å². The van der Waals surface area contributed by atoms with Gasteiger partial charge in [0.2, 0.25) is 5.91 Å². The lowest BCUT2D eigenvalue weighted by molar-refractivity contribution is -0.120. The Morgan fingerprint density at radius 2 is 2.06 bits per heavy atom. The summed E-state index contributed by atoms with van der Waals surface area (Å²) < 4.78 is 12.8. The smallest absolute Gasteiger partial charge is 0.234 e. The molecule has 1 aromatic carbocycles. The second-order valence-corrected chi connectivity index (χ2v) is 4.74. The van der Waals surface area contributed by atoms with Gasteiger partial charge in [-0.3, -0.25) is 4.79 Å². The van der Waals surface area contributed by atoms with Crippen molar-refractivity contribution in [3.63, 3.8) is 0 Å². The highest BCUT2D eigenvalue weighted by molar-refractivity contribution is 5.78. The average molecular weight is 250 g/mol. The van der Waals surface area contributed by atoms with E-state index in [4.69, 9.17) is 0 Å². The lowest BCUT2D eigenvalue weighted by Crippen LogP contribution is -2.36. The average Bonchev–Trinajstić information content (AvgIpc) is 3.16. The second kappa shape index (κ2) is 5.96. The van der Waals surface area contributed by atoms with E-state index in [1.54, 1.807) is 12.1 Å². The molecule has 98 valence electrons. The molecule has 1 saturated carbocycles. The Morgan fingerprint density at radius 3 is 2.61 bits per heavy atom. The molecule has 0 heterocycles. The SMILES string of the molecule is CCC(NCC(=O)NC1CC1)c1ccc(F)cc1. The largest absolute Gasteiger partial charge is 0.352 e. The summed E-state index contributed by atoms with van der Waals surface area (Å²) in [4.78, 5) is 11.6. The molecule has 1 aliphatic rings. The maximum absolute atomic E-state index is 12.8. The van der Waals surface area contributed by atoms with Crippen molar-refractivity contribution in [2.75, 3.05) is 6.54 Å². The van der Waals surface area contributed by atoms with Crippen molar-refractivity contribution >= 4 is 5.91 Å². The normalized spacial score (nSPS) is 16.3. The van der Waals surface area contributed by atoms with E-state index in [-0.39, 0.29) is 17.8 Å². The van der Waals surface area contributed by atoms with E-state index in [0.29, 0.717) is 12.6 Å². The van der Waals surface area contributed by atoms with Crippen LogP contribution in [0.1, 0.15) is 37.8 Å². The number of halogens is 1. The lowest BCUT2D eigenvalue weighted by atomic mass is 10.0. The van der Waals surface area contributed by atoms with E-state index < -0.39 is 0 Å². The predicted molar refractivity (Wildman–Crippen MR) is 68.6 cm³/mol. The van der Waals surface area contributed by atoms with Crippen LogP contribution in [0.3, 0.4) is 0 Å². The first-order chi connectivity index (χ1) is 8.69. The number of nitrogens with one attached hydrogen (secondary N) is 2. The number of amides is 1. The Bertz CT molecular complexity index is 401. The number of rotatable bonds is 6. The first-order valence-electron chi connectivity index (χ1n) is 6.47. The number of hydrogen-bond acceptors (Lipinski definition) is 2. The standard InChI is InChI=1S/C14H19FN2O/c1-2-13(10-3-5-11(15)6-4-10)16-9-14(18)17-12-7-8-12/h3-6,12-13,16H,2,7-9H2,1H3,(H,17,18). The topological polar surface area (TPSA) is 41.1 Å². The molecule has 2 N–H and O–H groups in total. The van der Waals surface area contributed by atoms with E-state index in [0.717, 1.165) is 24.8 Å². The summed E-state index contributed by atoms with van der Waals surface area (Å²) >= 11 is 0. The molecule has 2 rings (SSSR count). The molecule has 0 saturated heterocycles. The maximum atomic E-state index is 12.8. The third kappa shape index (κ3) is 3.81. The molecular formula is C14H19FN2O. The summed E-state index contributed by atoms with van der Waals surface area (Å²) in [7, 11) is 0. The third-order valence-corrected chi connectivity index (χ3v) is 3.13. The van der Waals surface area contributed by atoms with Crippen molar-refractivity contribution in [2.24, 2.45) is 0 Å². The molecule has 1 unspecified atom stereocenters. The fraction of sp³-hybridized carbons (Fsp3) is 0.500. The van der Waals surface area contributed by atoms with Gasteiger partial charge in [0.15, 0.2) is 0 Å². The Hall–Kier alpha value is -1.42. The molecule has 18 heavy (non-hydrogen) atoms. The number of carbonyl (C=O) groups excluding carboxylic acids is 1. The summed E-state index contributed by atoms with van der Waals surface area (Å²) in [5.74, 6) is -0.196. The monoisotopic (exact) mass is 250 g/mol. The Balaban J connectivity index is 1.84. The summed E-state index contributed by atoms with van der Waals surface area (Å²) in [6.45, 7) is 2.35. The zero-order valence-corrected chi connectivity index (χ0v) is 10.6. The van der Waals surface area contributed by atoms with Gasteiger partial charge in [-0.15, -0.1) is 0 Å². The zero-order valence-electron chi connectivity index (χ0n) is 10.6. The van der Waals surface area contributed by atoms with E-state index in [1.807, 2.05) is 6.92 Å². The second-order valence-electron chi connectivity index (χ2n) is 4.74. The van der Waals surface area contributed by atoms with Gasteiger partial charge in [-0.1, -0.05) is 19.1 Å². The van der Waals surface area contributed by atoms with Crippen molar-refractivity contribution in [1.29, 1.82) is 0 Å². The van der Waals surface area contributed by atoms with Crippen molar-refractivity contribution in [3.8, 4) is 0 Å². The van der Waals surface area contributed by atoms with E-state index in [1.165, 1.54) is 12.1 Å². The molecule has 3 nitrogen and oxygen atoms in total. The van der Waals surface area contributed by atoms with Crippen molar-refractivity contribution in [2.45, 2.75) is 38.3 Å². The fourth-order valence-corrected chi connectivity index (χ4v) is 1.92. The Kier molecular flexibility index (Phi) is 4.31. The van der Waals surface area contributed by atoms with Crippen LogP contribution >= 0.6 is 0 Å². The van der Waals surface area contributed by atoms with Crippen LogP contribution in [0.15, 0.2) is 24.3 Å². The van der Waals surface area contributed by atoms with Crippen LogP contribution in [0.25, 0.3) is 0 Å². The molecule has 0 aromatic heterocycles. The van der Waals surface area contributed by atoms with Gasteiger partial charge in [0.1, 0.15) is 5.82 Å². The third-order valence-electron chi connectivity index (χ3n) is 3.13. The number of benzene rings is 1. The van der Waals surface area contributed by atoms with Gasteiger partial charge in [0.05, 0.1) is 6.54 Å². The molecule has 1 aliphatic carbocycles. The van der Waals surface area contributed by atoms with Crippen LogP contribution < -0.4 is 10.6 Å². The number of carbonyl (C=O) groups is 1. The molecule has 0 radical (unpaired) electrons. The Labute approximate surface area is 107 Å². The first kappa shape index (κ1) is 13.0. The van der Waals surface area contributed by atoms with Gasteiger partial charge < -0.3 is 10.6 Å². The summed E-state index contributed by atoms with van der Waals surface area (Å²) in [5, 5.41) is 6.14. The van der Waals surface area contributed by atoms with Crippen LogP contribution in [-0.2, 0) is 4.79 Å². The van der Waals surface area contributed by atoms with E-state index in [9.17, 15) is 9.18 Å². The van der Waals surface area contributed by atoms with Crippen LogP contribution in [0.5, 0.6) is 0 Å². The van der Waals surface area contributed by atoms with E-state index >= 15 is 0 Å². The van der Waals surface area contributed by atoms with Crippen LogP contribution in [-0.4, -0.2) is 18.5 Å². The molecule has 1 atom stereocenters. The highest BCUT2D eigenvalue weighted by Crippen LogP contribution is 2.19. The molecule has 4 heteroatoms. The quantitative estimate of drug-likeness (QED) is 0.812. The van der Waals surface area contributed by atoms with Crippen LogP contribution in [0.2, 0.25) is 0 Å². The van der Waals surface area contributed by atoms with Crippen molar-refractivity contribution < 1.29 is 9.18 Å². The van der Waals surface area contributed by atoms with Gasteiger partial charge in [-0.2, -0.15) is 0 Å². The summed E-state index contributed by atoms with van der Waals surface area (Å²) in [6.07, 6.45) is 3.06.